The van der Waals surface area contributed by atoms with Crippen LogP contribution in [-0.4, -0.2) is 59.9 Å². The summed E-state index contributed by atoms with van der Waals surface area (Å²) in [6.07, 6.45) is 2.58. The molecule has 1 aliphatic rings. The summed E-state index contributed by atoms with van der Waals surface area (Å²) < 4.78 is 26.5. The molecule has 2 heterocycles. The maximum absolute atomic E-state index is 11.6. The van der Waals surface area contributed by atoms with Gasteiger partial charge in [0.25, 0.3) is 0 Å². The fourth-order valence-electron chi connectivity index (χ4n) is 2.34. The van der Waals surface area contributed by atoms with Crippen molar-refractivity contribution in [3.8, 4) is 0 Å². The Kier molecular flexibility index (Phi) is 4.77. The lowest BCUT2D eigenvalue weighted by Gasteiger charge is -2.23. The number of fused-ring (bicyclic) bond motifs is 1. The number of sulfonamides is 1. The highest BCUT2D eigenvalue weighted by Gasteiger charge is 2.20. The molecule has 0 fully saturated rings. The smallest absolute Gasteiger partial charge is 0.213 e. The molecule has 2 rings (SSSR count). The normalized spacial score (nSPS) is 19.3. The lowest BCUT2D eigenvalue weighted by molar-refractivity contribution is 0.359. The predicted octanol–water partition coefficient (Wildman–Crippen LogP) is -0.228. The number of rotatable bonds is 6. The van der Waals surface area contributed by atoms with Gasteiger partial charge in [-0.15, -0.1) is 0 Å². The molecule has 7 nitrogen and oxygen atoms in total. The van der Waals surface area contributed by atoms with Gasteiger partial charge < -0.3 is 5.32 Å². The Hall–Kier alpha value is -0.990. The second kappa shape index (κ2) is 6.19. The van der Waals surface area contributed by atoms with Gasteiger partial charge >= 0.3 is 0 Å². The van der Waals surface area contributed by atoms with Crippen molar-refractivity contribution in [3.63, 3.8) is 0 Å². The Bertz CT molecular complexity index is 552. The summed E-state index contributed by atoms with van der Waals surface area (Å²) in [6, 6.07) is 0.352. The summed E-state index contributed by atoms with van der Waals surface area (Å²) in [6.45, 7) is 3.43. The molecule has 8 heteroatoms. The number of nitrogens with one attached hydrogen (secondary N) is 1. The van der Waals surface area contributed by atoms with Crippen LogP contribution in [0.1, 0.15) is 24.5 Å². The van der Waals surface area contributed by atoms with E-state index in [9.17, 15) is 8.42 Å². The largest absolute Gasteiger partial charge is 0.312 e. The van der Waals surface area contributed by atoms with E-state index < -0.39 is 10.0 Å². The average molecular weight is 301 g/mol. The molecule has 0 aromatic carbocycles. The van der Waals surface area contributed by atoms with Crippen molar-refractivity contribution in [2.75, 3.05) is 26.4 Å². The molecule has 20 heavy (non-hydrogen) atoms. The summed E-state index contributed by atoms with van der Waals surface area (Å²) in [4.78, 5) is 4.37. The zero-order chi connectivity index (χ0) is 14.8. The Labute approximate surface area is 120 Å². The molecule has 0 saturated heterocycles. The van der Waals surface area contributed by atoms with Crippen molar-refractivity contribution in [3.05, 3.63) is 11.6 Å². The van der Waals surface area contributed by atoms with Gasteiger partial charge in [-0.1, -0.05) is 0 Å². The third kappa shape index (κ3) is 3.77. The van der Waals surface area contributed by atoms with Gasteiger partial charge in [0.1, 0.15) is 11.6 Å². The second-order valence-corrected chi connectivity index (χ2v) is 7.70. The summed E-state index contributed by atoms with van der Waals surface area (Å²) in [5, 5.41) is 7.77. The minimum atomic E-state index is -3.08. The maximum atomic E-state index is 11.6. The second-order valence-electron chi connectivity index (χ2n) is 5.40. The SMILES string of the molecule is Cc1nc2n(n1)C[C@H](NCCCS(=O)(=O)N(C)C)CC2. The molecule has 0 aliphatic carbocycles. The van der Waals surface area contributed by atoms with Crippen molar-refractivity contribution in [1.82, 2.24) is 24.4 Å². The third-order valence-corrected chi connectivity index (χ3v) is 5.45. The van der Waals surface area contributed by atoms with Gasteiger partial charge in [-0.25, -0.2) is 22.4 Å². The average Bonchev–Trinajstić information content (AvgIpc) is 2.73. The van der Waals surface area contributed by atoms with E-state index in [0.717, 1.165) is 31.0 Å². The van der Waals surface area contributed by atoms with Crippen molar-refractivity contribution in [2.45, 2.75) is 38.8 Å². The van der Waals surface area contributed by atoms with E-state index >= 15 is 0 Å². The Morgan fingerprint density at radius 3 is 2.90 bits per heavy atom. The number of aryl methyl sites for hydroxylation is 2. The van der Waals surface area contributed by atoms with Gasteiger partial charge in [0.05, 0.1) is 12.3 Å². The molecule has 0 bridgehead atoms. The first-order chi connectivity index (χ1) is 9.38. The standard InChI is InChI=1S/C12H23N5O2S/c1-10-14-12-6-5-11(9-17(12)15-10)13-7-4-8-20(18,19)16(2)3/h11,13H,4-9H2,1-3H3/t11-/m1/s1. The van der Waals surface area contributed by atoms with Crippen LogP contribution in [0.4, 0.5) is 0 Å². The van der Waals surface area contributed by atoms with Gasteiger partial charge in [0.2, 0.25) is 10.0 Å². The summed E-state index contributed by atoms with van der Waals surface area (Å²) in [7, 11) is 0.0552. The third-order valence-electron chi connectivity index (χ3n) is 3.53. The fourth-order valence-corrected chi connectivity index (χ4v) is 3.22. The van der Waals surface area contributed by atoms with Gasteiger partial charge in [-0.05, 0) is 26.3 Å². The maximum Gasteiger partial charge on any atom is 0.213 e. The van der Waals surface area contributed by atoms with Crippen LogP contribution in [-0.2, 0) is 23.0 Å². The molecule has 0 unspecified atom stereocenters. The number of aromatic nitrogens is 3. The summed E-state index contributed by atoms with van der Waals surface area (Å²) in [5.74, 6) is 2.06. The number of nitrogens with zero attached hydrogens (tertiary/aromatic N) is 4. The summed E-state index contributed by atoms with van der Waals surface area (Å²) in [5.41, 5.74) is 0. The van der Waals surface area contributed by atoms with E-state index in [2.05, 4.69) is 15.4 Å². The van der Waals surface area contributed by atoms with Crippen LogP contribution in [0.3, 0.4) is 0 Å². The Morgan fingerprint density at radius 2 is 2.20 bits per heavy atom. The zero-order valence-electron chi connectivity index (χ0n) is 12.3. The highest BCUT2D eigenvalue weighted by atomic mass is 32.2. The molecule has 0 radical (unpaired) electrons. The van der Waals surface area contributed by atoms with Gasteiger partial charge in [-0.2, -0.15) is 5.10 Å². The predicted molar refractivity (Wildman–Crippen MR) is 77.0 cm³/mol. The molecule has 1 aliphatic heterocycles. The van der Waals surface area contributed by atoms with Crippen molar-refractivity contribution >= 4 is 10.0 Å². The lowest BCUT2D eigenvalue weighted by atomic mass is 10.1. The van der Waals surface area contributed by atoms with Crippen LogP contribution in [0.5, 0.6) is 0 Å². The van der Waals surface area contributed by atoms with Gasteiger partial charge in [-0.3, -0.25) is 0 Å². The number of hydrogen-bond acceptors (Lipinski definition) is 5. The highest BCUT2D eigenvalue weighted by molar-refractivity contribution is 7.89. The van der Waals surface area contributed by atoms with E-state index in [-0.39, 0.29) is 5.75 Å². The molecule has 1 aromatic rings. The van der Waals surface area contributed by atoms with Crippen LogP contribution in [0.2, 0.25) is 0 Å². The molecule has 1 aromatic heterocycles. The first kappa shape index (κ1) is 15.4. The minimum absolute atomic E-state index is 0.188. The monoisotopic (exact) mass is 301 g/mol. The van der Waals surface area contributed by atoms with Crippen molar-refractivity contribution in [1.29, 1.82) is 0 Å². The van der Waals surface area contributed by atoms with E-state index in [1.54, 1.807) is 14.1 Å². The minimum Gasteiger partial charge on any atom is -0.312 e. The highest BCUT2D eigenvalue weighted by Crippen LogP contribution is 2.12. The molecule has 114 valence electrons. The van der Waals surface area contributed by atoms with Crippen LogP contribution < -0.4 is 5.32 Å². The first-order valence-corrected chi connectivity index (χ1v) is 8.53. The van der Waals surface area contributed by atoms with Crippen LogP contribution in [0, 0.1) is 6.92 Å². The number of hydrogen-bond donors (Lipinski definition) is 1. The van der Waals surface area contributed by atoms with Crippen LogP contribution in [0.15, 0.2) is 0 Å². The zero-order valence-corrected chi connectivity index (χ0v) is 13.2. The van der Waals surface area contributed by atoms with E-state index in [0.29, 0.717) is 19.0 Å². The molecule has 1 N–H and O–H groups in total. The van der Waals surface area contributed by atoms with E-state index in [1.807, 2.05) is 11.6 Å². The quantitative estimate of drug-likeness (QED) is 0.734. The van der Waals surface area contributed by atoms with Crippen LogP contribution in [0.25, 0.3) is 0 Å². The van der Waals surface area contributed by atoms with Crippen molar-refractivity contribution < 1.29 is 8.42 Å². The first-order valence-electron chi connectivity index (χ1n) is 6.92. The Balaban J connectivity index is 1.74. The topological polar surface area (TPSA) is 80.1 Å². The van der Waals surface area contributed by atoms with Gasteiger partial charge in [0.15, 0.2) is 0 Å². The molecule has 0 amide bonds. The van der Waals surface area contributed by atoms with Crippen molar-refractivity contribution in [2.24, 2.45) is 0 Å². The molecule has 0 saturated carbocycles. The Morgan fingerprint density at radius 1 is 1.45 bits per heavy atom. The summed E-state index contributed by atoms with van der Waals surface area (Å²) >= 11 is 0. The molecule has 1 atom stereocenters. The van der Waals surface area contributed by atoms with Gasteiger partial charge in [0, 0.05) is 26.6 Å². The molecular formula is C12H23N5O2S. The fraction of sp³-hybridized carbons (Fsp3) is 0.833. The van der Waals surface area contributed by atoms with E-state index in [1.165, 1.54) is 4.31 Å². The molecular weight excluding hydrogens is 278 g/mol. The van der Waals surface area contributed by atoms with Crippen LogP contribution >= 0.6 is 0 Å². The van der Waals surface area contributed by atoms with E-state index in [4.69, 9.17) is 0 Å². The molecule has 0 spiro atoms. The lowest BCUT2D eigenvalue weighted by Crippen LogP contribution is -2.39.